The predicted octanol–water partition coefficient (Wildman–Crippen LogP) is 1.58. The van der Waals surface area contributed by atoms with Crippen LogP contribution in [0.2, 0.25) is 0 Å². The van der Waals surface area contributed by atoms with Crippen molar-refractivity contribution in [3.05, 3.63) is 0 Å². The molecule has 0 saturated heterocycles. The number of rotatable bonds is 1. The molecule has 1 spiro atoms. The lowest BCUT2D eigenvalue weighted by molar-refractivity contribution is 0.0980. The van der Waals surface area contributed by atoms with Crippen LogP contribution in [0.15, 0.2) is 4.99 Å². The van der Waals surface area contributed by atoms with Crippen LogP contribution in [0.5, 0.6) is 0 Å². The van der Waals surface area contributed by atoms with Crippen LogP contribution in [0, 0.1) is 11.8 Å². The Morgan fingerprint density at radius 1 is 1.47 bits per heavy atom. The minimum atomic E-state index is 0.321. The molecule has 3 atom stereocenters. The van der Waals surface area contributed by atoms with Crippen LogP contribution < -0.4 is 5.73 Å². The van der Waals surface area contributed by atoms with Gasteiger partial charge in [0.25, 0.3) is 0 Å². The monoisotopic (exact) mass is 207 g/mol. The fraction of sp³-hybridized carbons (Fsp3) is 0.917. The Morgan fingerprint density at radius 2 is 2.27 bits per heavy atom. The Morgan fingerprint density at radius 3 is 2.80 bits per heavy atom. The smallest absolute Gasteiger partial charge is 0.192 e. The Bertz CT molecular complexity index is 310. The highest BCUT2D eigenvalue weighted by Gasteiger charge is 2.57. The van der Waals surface area contributed by atoms with Crippen LogP contribution in [0.3, 0.4) is 0 Å². The van der Waals surface area contributed by atoms with Gasteiger partial charge in [-0.15, -0.1) is 0 Å². The molecule has 3 heteroatoms. The lowest BCUT2D eigenvalue weighted by atomic mass is 9.79. The second-order valence-electron chi connectivity index (χ2n) is 5.82. The average molecular weight is 207 g/mol. The maximum atomic E-state index is 6.04. The molecule has 3 rings (SSSR count). The van der Waals surface area contributed by atoms with Crippen molar-refractivity contribution in [2.75, 3.05) is 6.54 Å². The molecule has 1 heterocycles. The molecular weight excluding hydrogens is 186 g/mol. The summed E-state index contributed by atoms with van der Waals surface area (Å²) >= 11 is 0. The molecule has 1 aliphatic heterocycles. The standard InChI is InChI=1S/C12H21N3/c1-8(2)15-11(13)14-7-12(15)6-9-3-4-10(12)5-9/h8-10H,3-7H2,1-2H3,(H2,13,14). The summed E-state index contributed by atoms with van der Waals surface area (Å²) in [5.41, 5.74) is 6.36. The van der Waals surface area contributed by atoms with Crippen LogP contribution >= 0.6 is 0 Å². The first-order valence-corrected chi connectivity index (χ1v) is 6.23. The van der Waals surface area contributed by atoms with E-state index in [9.17, 15) is 0 Å². The Hall–Kier alpha value is -0.730. The molecule has 0 aromatic rings. The van der Waals surface area contributed by atoms with E-state index in [0.29, 0.717) is 11.6 Å². The van der Waals surface area contributed by atoms with Gasteiger partial charge in [-0.3, -0.25) is 4.99 Å². The van der Waals surface area contributed by atoms with Gasteiger partial charge in [0, 0.05) is 6.04 Å². The highest BCUT2D eigenvalue weighted by molar-refractivity contribution is 5.81. The number of nitrogens with zero attached hydrogens (tertiary/aromatic N) is 2. The van der Waals surface area contributed by atoms with E-state index in [1.54, 1.807) is 0 Å². The summed E-state index contributed by atoms with van der Waals surface area (Å²) in [7, 11) is 0. The number of aliphatic imine (C=N–C) groups is 1. The van der Waals surface area contributed by atoms with Gasteiger partial charge in [-0.1, -0.05) is 0 Å². The van der Waals surface area contributed by atoms with Gasteiger partial charge >= 0.3 is 0 Å². The quantitative estimate of drug-likeness (QED) is 0.709. The largest absolute Gasteiger partial charge is 0.370 e. The highest BCUT2D eigenvalue weighted by atomic mass is 15.4. The molecule has 2 saturated carbocycles. The molecule has 2 aliphatic carbocycles. The van der Waals surface area contributed by atoms with Crippen molar-refractivity contribution in [3.63, 3.8) is 0 Å². The minimum absolute atomic E-state index is 0.321. The van der Waals surface area contributed by atoms with Crippen LogP contribution in [0.25, 0.3) is 0 Å². The van der Waals surface area contributed by atoms with Crippen molar-refractivity contribution in [3.8, 4) is 0 Å². The van der Waals surface area contributed by atoms with Gasteiger partial charge in [-0.25, -0.2) is 0 Å². The number of hydrogen-bond donors (Lipinski definition) is 1. The summed E-state index contributed by atoms with van der Waals surface area (Å²) in [4.78, 5) is 6.93. The van der Waals surface area contributed by atoms with Gasteiger partial charge < -0.3 is 10.6 Å². The first kappa shape index (κ1) is 9.49. The van der Waals surface area contributed by atoms with Crippen LogP contribution in [0.1, 0.15) is 39.5 Å². The summed E-state index contributed by atoms with van der Waals surface area (Å²) in [5.74, 6) is 2.60. The molecule has 2 N–H and O–H groups in total. The molecular formula is C12H21N3. The molecule has 2 bridgehead atoms. The van der Waals surface area contributed by atoms with E-state index >= 15 is 0 Å². The maximum Gasteiger partial charge on any atom is 0.192 e. The van der Waals surface area contributed by atoms with Crippen molar-refractivity contribution < 1.29 is 0 Å². The second kappa shape index (κ2) is 2.89. The Labute approximate surface area is 91.7 Å². The highest BCUT2D eigenvalue weighted by Crippen LogP contribution is 2.55. The SMILES string of the molecule is CC(C)N1C(N)=NCC12CC1CCC2C1. The van der Waals surface area contributed by atoms with E-state index < -0.39 is 0 Å². The molecule has 84 valence electrons. The fourth-order valence-corrected chi connectivity index (χ4v) is 4.28. The summed E-state index contributed by atoms with van der Waals surface area (Å²) in [5, 5.41) is 0. The zero-order valence-corrected chi connectivity index (χ0v) is 9.74. The van der Waals surface area contributed by atoms with Gasteiger partial charge in [-0.05, 0) is 51.4 Å². The summed E-state index contributed by atoms with van der Waals surface area (Å²) in [6.07, 6.45) is 5.60. The molecule has 15 heavy (non-hydrogen) atoms. The third kappa shape index (κ3) is 1.09. The molecule has 3 aliphatic rings. The predicted molar refractivity (Wildman–Crippen MR) is 61.6 cm³/mol. The van der Waals surface area contributed by atoms with Gasteiger partial charge in [0.15, 0.2) is 5.96 Å². The van der Waals surface area contributed by atoms with E-state index in [4.69, 9.17) is 5.73 Å². The van der Waals surface area contributed by atoms with Crippen molar-refractivity contribution in [2.24, 2.45) is 22.6 Å². The van der Waals surface area contributed by atoms with E-state index in [-0.39, 0.29) is 0 Å². The summed E-state index contributed by atoms with van der Waals surface area (Å²) < 4.78 is 0. The van der Waals surface area contributed by atoms with Gasteiger partial charge in [0.1, 0.15) is 0 Å². The van der Waals surface area contributed by atoms with Gasteiger partial charge in [0.2, 0.25) is 0 Å². The maximum absolute atomic E-state index is 6.04. The lowest BCUT2D eigenvalue weighted by Gasteiger charge is -2.44. The van der Waals surface area contributed by atoms with E-state index in [1.807, 2.05) is 0 Å². The van der Waals surface area contributed by atoms with Crippen LogP contribution in [0.4, 0.5) is 0 Å². The van der Waals surface area contributed by atoms with Crippen molar-refractivity contribution in [1.29, 1.82) is 0 Å². The van der Waals surface area contributed by atoms with Crippen LogP contribution in [-0.4, -0.2) is 29.0 Å². The van der Waals surface area contributed by atoms with Crippen LogP contribution in [-0.2, 0) is 0 Å². The molecule has 2 fully saturated rings. The third-order valence-electron chi connectivity index (χ3n) is 4.70. The molecule has 3 unspecified atom stereocenters. The van der Waals surface area contributed by atoms with E-state index in [1.165, 1.54) is 25.7 Å². The Balaban J connectivity index is 1.93. The molecule has 3 nitrogen and oxygen atoms in total. The number of hydrogen-bond acceptors (Lipinski definition) is 3. The molecule has 0 aromatic carbocycles. The number of fused-ring (bicyclic) bond motifs is 3. The number of nitrogens with two attached hydrogens (primary N) is 1. The van der Waals surface area contributed by atoms with Gasteiger partial charge in [0.05, 0.1) is 12.1 Å². The van der Waals surface area contributed by atoms with Crippen molar-refractivity contribution in [1.82, 2.24) is 4.90 Å². The summed E-state index contributed by atoms with van der Waals surface area (Å²) in [6.45, 7) is 5.43. The minimum Gasteiger partial charge on any atom is -0.370 e. The molecule has 0 amide bonds. The normalized spacial score (nSPS) is 43.4. The van der Waals surface area contributed by atoms with E-state index in [0.717, 1.165) is 24.3 Å². The summed E-state index contributed by atoms with van der Waals surface area (Å²) in [6, 6.07) is 0.496. The lowest BCUT2D eigenvalue weighted by Crippen LogP contribution is -2.57. The first-order chi connectivity index (χ1) is 7.13. The second-order valence-corrected chi connectivity index (χ2v) is 5.82. The third-order valence-corrected chi connectivity index (χ3v) is 4.70. The topological polar surface area (TPSA) is 41.6 Å². The zero-order chi connectivity index (χ0) is 10.6. The van der Waals surface area contributed by atoms with Crippen molar-refractivity contribution in [2.45, 2.75) is 51.1 Å². The fourth-order valence-electron chi connectivity index (χ4n) is 4.28. The zero-order valence-electron chi connectivity index (χ0n) is 9.74. The molecule has 0 radical (unpaired) electrons. The van der Waals surface area contributed by atoms with Crippen molar-refractivity contribution >= 4 is 5.96 Å². The van der Waals surface area contributed by atoms with E-state index in [2.05, 4.69) is 23.7 Å². The average Bonchev–Trinajstić information content (AvgIpc) is 2.81. The number of guanidine groups is 1. The molecule has 0 aromatic heterocycles. The first-order valence-electron chi connectivity index (χ1n) is 6.23. The van der Waals surface area contributed by atoms with Gasteiger partial charge in [-0.2, -0.15) is 0 Å². The Kier molecular flexibility index (Phi) is 1.83.